The van der Waals surface area contributed by atoms with Crippen LogP contribution in [-0.4, -0.2) is 59.0 Å². The van der Waals surface area contributed by atoms with Gasteiger partial charge in [-0.3, -0.25) is 19.2 Å². The number of aliphatic hydroxyl groups is 1. The van der Waals surface area contributed by atoms with Crippen LogP contribution in [-0.2, 0) is 28.7 Å². The normalized spacial score (nSPS) is 42.2. The fraction of sp³-hybridized carbons (Fsp3) is 0.714. The Morgan fingerprint density at radius 1 is 1.19 bits per heavy atom. The van der Waals surface area contributed by atoms with Crippen LogP contribution in [0.25, 0.3) is 0 Å². The maximum absolute atomic E-state index is 17.4. The van der Waals surface area contributed by atoms with Gasteiger partial charge >= 0.3 is 11.9 Å². The van der Waals surface area contributed by atoms with Gasteiger partial charge in [0, 0.05) is 35.5 Å². The lowest BCUT2D eigenvalue weighted by molar-refractivity contribution is -0.227. The second-order valence-electron chi connectivity index (χ2n) is 11.6. The van der Waals surface area contributed by atoms with Crippen molar-refractivity contribution in [1.82, 2.24) is 0 Å². The fourth-order valence-electron chi connectivity index (χ4n) is 8.21. The molecule has 4 aliphatic carbocycles. The SMILES string of the molecule is COC(=O)CCCC(=O)O[C@]1(C(=O)CCl)C(C)C[C@H]2[C@@H]3CCC4=CC(=O)C=C[C@]4(C)[C@@]3(F)C(O)C[C@@]21C. The number of carbonyl (C=O) groups excluding carboxylic acids is 4. The maximum atomic E-state index is 17.4. The van der Waals surface area contributed by atoms with Gasteiger partial charge < -0.3 is 14.6 Å². The Kier molecular flexibility index (Phi) is 7.25. The molecule has 0 aromatic heterocycles. The molecular formula is C28H36ClFO7. The van der Waals surface area contributed by atoms with Crippen LogP contribution in [0.2, 0.25) is 0 Å². The number of hydrogen-bond acceptors (Lipinski definition) is 7. The quantitative estimate of drug-likeness (QED) is 0.385. The summed E-state index contributed by atoms with van der Waals surface area (Å²) in [5.41, 5.74) is -5.21. The van der Waals surface area contributed by atoms with Crippen molar-refractivity contribution < 1.29 is 38.1 Å². The zero-order chi connectivity index (χ0) is 27.4. The average Bonchev–Trinajstić information content (AvgIpc) is 3.06. The van der Waals surface area contributed by atoms with Gasteiger partial charge in [0.1, 0.15) is 0 Å². The summed E-state index contributed by atoms with van der Waals surface area (Å²) in [4.78, 5) is 50.0. The van der Waals surface area contributed by atoms with E-state index in [4.69, 9.17) is 16.3 Å². The molecule has 0 saturated heterocycles. The predicted octanol–water partition coefficient (Wildman–Crippen LogP) is 4.04. The highest BCUT2D eigenvalue weighted by molar-refractivity contribution is 6.29. The van der Waals surface area contributed by atoms with E-state index < -0.39 is 57.8 Å². The Bertz CT molecular complexity index is 1070. The number of rotatable bonds is 7. The average molecular weight is 539 g/mol. The second-order valence-corrected chi connectivity index (χ2v) is 11.9. The van der Waals surface area contributed by atoms with Gasteiger partial charge in [0.2, 0.25) is 0 Å². The van der Waals surface area contributed by atoms with Crippen molar-refractivity contribution in [2.45, 2.75) is 83.1 Å². The lowest BCUT2D eigenvalue weighted by Gasteiger charge is -2.62. The molecule has 0 aromatic carbocycles. The van der Waals surface area contributed by atoms with E-state index in [0.29, 0.717) is 24.8 Å². The number of allylic oxidation sites excluding steroid dienone is 4. The molecule has 0 bridgehead atoms. The van der Waals surface area contributed by atoms with Gasteiger partial charge in [0.05, 0.1) is 19.1 Å². The highest BCUT2D eigenvalue weighted by Crippen LogP contribution is 2.71. The third-order valence-electron chi connectivity index (χ3n) is 9.98. The summed E-state index contributed by atoms with van der Waals surface area (Å²) >= 11 is 6.07. The zero-order valence-corrected chi connectivity index (χ0v) is 22.6. The molecule has 4 rings (SSSR count). The van der Waals surface area contributed by atoms with E-state index in [0.717, 1.165) is 0 Å². The fourth-order valence-corrected chi connectivity index (χ4v) is 8.41. The highest BCUT2D eigenvalue weighted by Gasteiger charge is 2.77. The summed E-state index contributed by atoms with van der Waals surface area (Å²) in [5, 5.41) is 11.5. The van der Waals surface area contributed by atoms with Gasteiger partial charge in [-0.1, -0.05) is 25.5 Å². The Balaban J connectivity index is 1.71. The number of hydrogen-bond donors (Lipinski definition) is 1. The molecule has 4 aliphatic rings. The largest absolute Gasteiger partial charge is 0.469 e. The summed E-state index contributed by atoms with van der Waals surface area (Å²) in [6, 6.07) is 0. The minimum Gasteiger partial charge on any atom is -0.469 e. The Morgan fingerprint density at radius 2 is 1.86 bits per heavy atom. The van der Waals surface area contributed by atoms with Crippen LogP contribution in [0.15, 0.2) is 23.8 Å². The van der Waals surface area contributed by atoms with Gasteiger partial charge in [0.15, 0.2) is 22.8 Å². The molecule has 3 saturated carbocycles. The summed E-state index contributed by atoms with van der Waals surface area (Å²) in [6.07, 6.45) is 4.33. The van der Waals surface area contributed by atoms with Crippen LogP contribution in [0.3, 0.4) is 0 Å². The van der Waals surface area contributed by atoms with Crippen molar-refractivity contribution in [2.75, 3.05) is 13.0 Å². The molecule has 2 unspecified atom stereocenters. The van der Waals surface area contributed by atoms with Gasteiger partial charge in [-0.2, -0.15) is 0 Å². The molecule has 8 atom stereocenters. The van der Waals surface area contributed by atoms with Crippen molar-refractivity contribution in [1.29, 1.82) is 0 Å². The number of esters is 2. The topological polar surface area (TPSA) is 107 Å². The molecule has 0 aliphatic heterocycles. The number of alkyl halides is 2. The number of ether oxygens (including phenoxy) is 2. The Hall–Kier alpha value is -2.06. The first-order valence-electron chi connectivity index (χ1n) is 13.0. The van der Waals surface area contributed by atoms with E-state index >= 15 is 4.39 Å². The summed E-state index contributed by atoms with van der Waals surface area (Å²) in [6.45, 7) is 5.36. The number of methoxy groups -OCH3 is 1. The van der Waals surface area contributed by atoms with Crippen LogP contribution in [0.1, 0.15) is 65.7 Å². The van der Waals surface area contributed by atoms with Gasteiger partial charge in [-0.05, 0) is 57.1 Å². The van der Waals surface area contributed by atoms with E-state index in [2.05, 4.69) is 4.74 Å². The molecule has 0 aromatic rings. The molecule has 0 radical (unpaired) electrons. The van der Waals surface area contributed by atoms with Crippen molar-refractivity contribution in [3.8, 4) is 0 Å². The second kappa shape index (κ2) is 9.60. The lowest BCUT2D eigenvalue weighted by Crippen LogP contribution is -2.70. The molecule has 7 nitrogen and oxygen atoms in total. The van der Waals surface area contributed by atoms with E-state index in [9.17, 15) is 24.3 Å². The molecule has 9 heteroatoms. The Labute approximate surface area is 221 Å². The highest BCUT2D eigenvalue weighted by atomic mass is 35.5. The van der Waals surface area contributed by atoms with Crippen molar-refractivity contribution in [3.05, 3.63) is 23.8 Å². The molecule has 3 fully saturated rings. The lowest BCUT2D eigenvalue weighted by atomic mass is 9.44. The van der Waals surface area contributed by atoms with Gasteiger partial charge in [0.25, 0.3) is 0 Å². The van der Waals surface area contributed by atoms with Crippen LogP contribution in [0.4, 0.5) is 4.39 Å². The number of halogens is 2. The number of Topliss-reactive ketones (excluding diaryl/α,β-unsaturated/α-hetero) is 1. The first kappa shape index (κ1) is 28.0. The Morgan fingerprint density at radius 3 is 2.51 bits per heavy atom. The summed E-state index contributed by atoms with van der Waals surface area (Å²) in [7, 11) is 1.26. The molecular weight excluding hydrogens is 503 g/mol. The smallest absolute Gasteiger partial charge is 0.306 e. The van der Waals surface area contributed by atoms with E-state index in [1.54, 1.807) is 13.0 Å². The van der Waals surface area contributed by atoms with Crippen LogP contribution in [0, 0.1) is 28.6 Å². The van der Waals surface area contributed by atoms with Crippen LogP contribution >= 0.6 is 11.6 Å². The third-order valence-corrected chi connectivity index (χ3v) is 10.2. The number of aliphatic hydroxyl groups excluding tert-OH is 1. The molecule has 0 spiro atoms. The van der Waals surface area contributed by atoms with Crippen molar-refractivity contribution >= 4 is 35.1 Å². The first-order chi connectivity index (χ1) is 17.3. The van der Waals surface area contributed by atoms with Gasteiger partial charge in [-0.15, -0.1) is 11.6 Å². The molecule has 0 amide bonds. The molecule has 37 heavy (non-hydrogen) atoms. The van der Waals surface area contributed by atoms with Crippen molar-refractivity contribution in [2.24, 2.45) is 28.6 Å². The van der Waals surface area contributed by atoms with Gasteiger partial charge in [-0.25, -0.2) is 4.39 Å². The molecule has 1 N–H and O–H groups in total. The third kappa shape index (κ3) is 3.84. The summed E-state index contributed by atoms with van der Waals surface area (Å²) < 4.78 is 28.0. The summed E-state index contributed by atoms with van der Waals surface area (Å²) in [5.74, 6) is -3.57. The van der Waals surface area contributed by atoms with Crippen molar-refractivity contribution in [3.63, 3.8) is 0 Å². The zero-order valence-electron chi connectivity index (χ0n) is 21.9. The predicted molar refractivity (Wildman–Crippen MR) is 133 cm³/mol. The van der Waals surface area contributed by atoms with E-state index in [1.165, 1.54) is 19.3 Å². The molecule has 0 heterocycles. The number of carbonyl (C=O) groups is 4. The molecule has 204 valence electrons. The number of ketones is 2. The van der Waals surface area contributed by atoms with E-state index in [1.807, 2.05) is 13.8 Å². The first-order valence-corrected chi connectivity index (χ1v) is 13.5. The standard InChI is InChI=1S/C28H36ClFO7/c1-16-12-20-19-9-8-17-13-18(31)10-11-25(17,2)27(19,30)21(32)14-26(20,3)28(16,22(33)15-29)37-24(35)7-5-6-23(34)36-4/h10-11,13,16,19-21,32H,5-9,12,14-15H2,1-4H3/t16?,19-,20-,21?,25-,26-,27-,28-/m0/s1. The number of fused-ring (bicyclic) bond motifs is 5. The van der Waals surface area contributed by atoms with E-state index in [-0.39, 0.29) is 43.3 Å². The van der Waals surface area contributed by atoms with Crippen LogP contribution in [0.5, 0.6) is 0 Å². The maximum Gasteiger partial charge on any atom is 0.306 e. The minimum atomic E-state index is -2.05. The van der Waals surface area contributed by atoms with Crippen LogP contribution < -0.4 is 0 Å². The monoisotopic (exact) mass is 538 g/mol. The minimum absolute atomic E-state index is 0.0348.